The molecule has 1 aliphatic carbocycles. The molecule has 7 nitrogen and oxygen atoms in total. The highest BCUT2D eigenvalue weighted by atomic mass is 79.9. The van der Waals surface area contributed by atoms with E-state index in [1.807, 2.05) is 24.3 Å². The summed E-state index contributed by atoms with van der Waals surface area (Å²) in [6.45, 7) is 1.08. The third-order valence-electron chi connectivity index (χ3n) is 6.94. The second-order valence-electron chi connectivity index (χ2n) is 9.74. The van der Waals surface area contributed by atoms with Gasteiger partial charge in [0.25, 0.3) is 10.0 Å². The van der Waals surface area contributed by atoms with E-state index in [4.69, 9.17) is 11.6 Å². The van der Waals surface area contributed by atoms with E-state index in [1.54, 1.807) is 25.1 Å². The Morgan fingerprint density at radius 2 is 1.70 bits per heavy atom. The van der Waals surface area contributed by atoms with Crippen LogP contribution in [0.5, 0.6) is 0 Å². The fourth-order valence-corrected chi connectivity index (χ4v) is 6.52. The van der Waals surface area contributed by atoms with Crippen LogP contribution in [0, 0.1) is 5.82 Å². The molecular weight excluding hydrogens is 621 g/mol. The van der Waals surface area contributed by atoms with Crippen molar-refractivity contribution in [1.29, 1.82) is 0 Å². The van der Waals surface area contributed by atoms with Crippen molar-refractivity contribution >= 4 is 55.1 Å². The summed E-state index contributed by atoms with van der Waals surface area (Å²) in [5.74, 6) is -1.63. The van der Waals surface area contributed by atoms with Crippen LogP contribution in [0.1, 0.15) is 38.2 Å². The van der Waals surface area contributed by atoms with E-state index >= 15 is 0 Å². The molecule has 0 spiro atoms. The quantitative estimate of drug-likeness (QED) is 0.296. The summed E-state index contributed by atoms with van der Waals surface area (Å²) in [6, 6.07) is 17.6. The van der Waals surface area contributed by atoms with Gasteiger partial charge in [-0.15, -0.1) is 0 Å². The lowest BCUT2D eigenvalue weighted by atomic mass is 10.1. The average Bonchev–Trinajstić information content (AvgIpc) is 3.46. The highest BCUT2D eigenvalue weighted by Gasteiger charge is 2.33. The molecule has 2 amide bonds. The van der Waals surface area contributed by atoms with Gasteiger partial charge >= 0.3 is 0 Å². The van der Waals surface area contributed by atoms with Crippen LogP contribution < -0.4 is 9.62 Å². The maximum Gasteiger partial charge on any atom is 0.264 e. The summed E-state index contributed by atoms with van der Waals surface area (Å²) >= 11 is 9.40. The van der Waals surface area contributed by atoms with Gasteiger partial charge in [0.1, 0.15) is 18.4 Å². The van der Waals surface area contributed by atoms with Crippen LogP contribution in [0.15, 0.2) is 82.2 Å². The zero-order valence-corrected chi connectivity index (χ0v) is 25.1. The molecule has 0 heterocycles. The van der Waals surface area contributed by atoms with Gasteiger partial charge in [0.05, 0.1) is 15.6 Å². The molecule has 1 N–H and O–H groups in total. The van der Waals surface area contributed by atoms with Gasteiger partial charge in [-0.25, -0.2) is 12.8 Å². The van der Waals surface area contributed by atoms with Crippen LogP contribution in [0.2, 0.25) is 5.02 Å². The minimum atomic E-state index is -4.26. The molecule has 0 aliphatic heterocycles. The minimum absolute atomic E-state index is 0.0234. The highest BCUT2D eigenvalue weighted by Crippen LogP contribution is 2.28. The summed E-state index contributed by atoms with van der Waals surface area (Å²) in [7, 11) is -4.26. The van der Waals surface area contributed by atoms with E-state index in [0.717, 1.165) is 46.1 Å². The Balaban J connectivity index is 1.69. The standard InChI is InChI=1S/C29H30BrClFN3O4S/c1-20(29(37)33-23-7-5-6-8-23)34(18-21-11-13-22(30)14-12-21)28(36)19-35(24-15-16-27(32)26(31)17-24)40(38,39)25-9-3-2-4-10-25/h2-4,9-17,20,23H,5-8,18-19H2,1H3,(H,33,37)/t20-/m0/s1. The van der Waals surface area contributed by atoms with Crippen LogP contribution in [0.4, 0.5) is 10.1 Å². The molecule has 1 aliphatic rings. The molecule has 40 heavy (non-hydrogen) atoms. The molecule has 3 aromatic rings. The first-order valence-corrected chi connectivity index (χ1v) is 15.5. The number of hydrogen-bond acceptors (Lipinski definition) is 4. The van der Waals surface area contributed by atoms with Crippen molar-refractivity contribution in [2.45, 2.75) is 56.1 Å². The zero-order chi connectivity index (χ0) is 28.9. The molecule has 11 heteroatoms. The van der Waals surface area contributed by atoms with E-state index < -0.39 is 34.3 Å². The van der Waals surface area contributed by atoms with Gasteiger partial charge in [-0.2, -0.15) is 0 Å². The molecule has 0 bridgehead atoms. The Hall–Kier alpha value is -2.95. The normalized spacial score (nSPS) is 14.5. The lowest BCUT2D eigenvalue weighted by molar-refractivity contribution is -0.139. The molecule has 1 fully saturated rings. The first-order chi connectivity index (χ1) is 19.1. The van der Waals surface area contributed by atoms with Crippen molar-refractivity contribution in [2.75, 3.05) is 10.8 Å². The number of anilines is 1. The minimum Gasteiger partial charge on any atom is -0.352 e. The zero-order valence-electron chi connectivity index (χ0n) is 21.9. The highest BCUT2D eigenvalue weighted by molar-refractivity contribution is 9.10. The van der Waals surface area contributed by atoms with Gasteiger partial charge < -0.3 is 10.2 Å². The molecule has 1 atom stereocenters. The molecule has 4 rings (SSSR count). The molecule has 3 aromatic carbocycles. The molecule has 0 aromatic heterocycles. The van der Waals surface area contributed by atoms with Gasteiger partial charge in [-0.05, 0) is 67.8 Å². The number of carbonyl (C=O) groups excluding carboxylic acids is 2. The number of halogens is 3. The van der Waals surface area contributed by atoms with E-state index in [-0.39, 0.29) is 34.1 Å². The SMILES string of the molecule is C[C@@H](C(=O)NC1CCCC1)N(Cc1ccc(Br)cc1)C(=O)CN(c1ccc(F)c(Cl)c1)S(=O)(=O)c1ccccc1. The average molecular weight is 651 g/mol. The van der Waals surface area contributed by atoms with Crippen molar-refractivity contribution < 1.29 is 22.4 Å². The van der Waals surface area contributed by atoms with Crippen LogP contribution in [-0.4, -0.2) is 43.8 Å². The fraction of sp³-hybridized carbons (Fsp3) is 0.310. The van der Waals surface area contributed by atoms with Crippen LogP contribution >= 0.6 is 27.5 Å². The van der Waals surface area contributed by atoms with Crippen molar-refractivity contribution in [1.82, 2.24) is 10.2 Å². The smallest absolute Gasteiger partial charge is 0.264 e. The summed E-state index contributed by atoms with van der Waals surface area (Å²) in [4.78, 5) is 28.5. The van der Waals surface area contributed by atoms with Crippen LogP contribution in [0.3, 0.4) is 0 Å². The first kappa shape index (κ1) is 30.0. The van der Waals surface area contributed by atoms with E-state index in [2.05, 4.69) is 21.2 Å². The second-order valence-corrected chi connectivity index (χ2v) is 12.9. The van der Waals surface area contributed by atoms with Crippen molar-refractivity contribution in [3.8, 4) is 0 Å². The third kappa shape index (κ3) is 7.21. The maximum absolute atomic E-state index is 14.0. The summed E-state index contributed by atoms with van der Waals surface area (Å²) in [5.41, 5.74) is 0.787. The number of carbonyl (C=O) groups is 2. The molecule has 1 saturated carbocycles. The Labute approximate surface area is 247 Å². The number of amides is 2. The van der Waals surface area contributed by atoms with Gasteiger partial charge in [0, 0.05) is 17.1 Å². The van der Waals surface area contributed by atoms with E-state index in [9.17, 15) is 22.4 Å². The van der Waals surface area contributed by atoms with Gasteiger partial charge in [-0.3, -0.25) is 13.9 Å². The largest absolute Gasteiger partial charge is 0.352 e. The van der Waals surface area contributed by atoms with E-state index in [1.165, 1.54) is 29.2 Å². The van der Waals surface area contributed by atoms with Crippen molar-refractivity contribution in [3.63, 3.8) is 0 Å². The summed E-state index contributed by atoms with van der Waals surface area (Å²) < 4.78 is 43.2. The number of rotatable bonds is 10. The Bertz CT molecular complexity index is 1450. The molecule has 0 saturated heterocycles. The molecular formula is C29H30BrClFN3O4S. The van der Waals surface area contributed by atoms with Crippen LogP contribution in [-0.2, 0) is 26.2 Å². The summed E-state index contributed by atoms with van der Waals surface area (Å²) in [5, 5.41) is 2.75. The number of nitrogens with one attached hydrogen (secondary N) is 1. The maximum atomic E-state index is 14.0. The lowest BCUT2D eigenvalue weighted by Crippen LogP contribution is -2.52. The molecule has 212 valence electrons. The number of nitrogens with zero attached hydrogens (tertiary/aromatic N) is 2. The monoisotopic (exact) mass is 649 g/mol. The third-order valence-corrected chi connectivity index (χ3v) is 9.54. The molecule has 0 unspecified atom stereocenters. The van der Waals surface area contributed by atoms with Gasteiger partial charge in [-0.1, -0.05) is 70.7 Å². The van der Waals surface area contributed by atoms with E-state index in [0.29, 0.717) is 0 Å². The Morgan fingerprint density at radius 1 is 1.05 bits per heavy atom. The van der Waals surface area contributed by atoms with Crippen molar-refractivity contribution in [3.05, 3.63) is 93.7 Å². The number of sulfonamides is 1. The molecule has 0 radical (unpaired) electrons. The fourth-order valence-electron chi connectivity index (χ4n) is 4.65. The van der Waals surface area contributed by atoms with Gasteiger partial charge in [0.2, 0.25) is 11.8 Å². The second kappa shape index (κ2) is 13.1. The number of benzene rings is 3. The predicted octanol–water partition coefficient (Wildman–Crippen LogP) is 5.91. The summed E-state index contributed by atoms with van der Waals surface area (Å²) in [6.07, 6.45) is 3.84. The van der Waals surface area contributed by atoms with Crippen molar-refractivity contribution in [2.24, 2.45) is 0 Å². The Kier molecular flexibility index (Phi) is 9.86. The topological polar surface area (TPSA) is 86.8 Å². The first-order valence-electron chi connectivity index (χ1n) is 12.9. The van der Waals surface area contributed by atoms with Gasteiger partial charge in [0.15, 0.2) is 0 Å². The lowest BCUT2D eigenvalue weighted by Gasteiger charge is -2.32. The Morgan fingerprint density at radius 3 is 2.33 bits per heavy atom. The van der Waals surface area contributed by atoms with Crippen LogP contribution in [0.25, 0.3) is 0 Å². The number of hydrogen-bond donors (Lipinski definition) is 1. The predicted molar refractivity (Wildman–Crippen MR) is 157 cm³/mol.